The Kier molecular flexibility index (Phi) is 7.71. The summed E-state index contributed by atoms with van der Waals surface area (Å²) in [5.74, 6) is 0.0852. The van der Waals surface area contributed by atoms with E-state index < -0.39 is 0 Å². The predicted molar refractivity (Wildman–Crippen MR) is 127 cm³/mol. The van der Waals surface area contributed by atoms with Crippen molar-refractivity contribution in [1.29, 1.82) is 0 Å². The molecule has 0 atom stereocenters. The van der Waals surface area contributed by atoms with E-state index in [1.807, 2.05) is 39.0 Å². The highest BCUT2D eigenvalue weighted by atomic mass is 16.3. The van der Waals surface area contributed by atoms with Crippen molar-refractivity contribution in [3.63, 3.8) is 0 Å². The Morgan fingerprint density at radius 2 is 1.55 bits per heavy atom. The fourth-order valence-corrected chi connectivity index (χ4v) is 3.97. The van der Waals surface area contributed by atoms with E-state index in [2.05, 4.69) is 42.0 Å². The number of fused-ring (bicyclic) bond motifs is 1. The first-order valence-corrected chi connectivity index (χ1v) is 11.2. The molecule has 2 aliphatic heterocycles. The van der Waals surface area contributed by atoms with Crippen LogP contribution in [0.25, 0.3) is 22.3 Å². The Bertz CT molecular complexity index is 1070. The van der Waals surface area contributed by atoms with Gasteiger partial charge in [0, 0.05) is 26.2 Å². The van der Waals surface area contributed by atoms with Gasteiger partial charge in [0.1, 0.15) is 5.56 Å². The molecule has 2 aromatic carbocycles. The summed E-state index contributed by atoms with van der Waals surface area (Å²) in [6.07, 6.45) is 2.17. The van der Waals surface area contributed by atoms with Gasteiger partial charge in [0.2, 0.25) is 5.88 Å². The zero-order valence-electron chi connectivity index (χ0n) is 19.0. The number of nitrogens with zero attached hydrogens (tertiary/aromatic N) is 2. The third-order valence-corrected chi connectivity index (χ3v) is 5.53. The molecule has 0 spiro atoms. The number of rotatable bonds is 2. The van der Waals surface area contributed by atoms with Crippen LogP contribution >= 0.6 is 0 Å². The van der Waals surface area contributed by atoms with Crippen molar-refractivity contribution in [3.05, 3.63) is 63.9 Å². The molecule has 0 unspecified atom stereocenters. The van der Waals surface area contributed by atoms with Crippen LogP contribution in [0.1, 0.15) is 37.8 Å². The number of aromatic hydroxyl groups is 1. The van der Waals surface area contributed by atoms with Crippen LogP contribution in [-0.2, 0) is 13.1 Å². The Balaban J connectivity index is 0.000000337. The van der Waals surface area contributed by atoms with Gasteiger partial charge in [-0.1, -0.05) is 55.8 Å². The zero-order valence-corrected chi connectivity index (χ0v) is 19.0. The van der Waals surface area contributed by atoms with Gasteiger partial charge in [0.15, 0.2) is 0 Å². The monoisotopic (exact) mass is 422 g/mol. The molecule has 3 heterocycles. The van der Waals surface area contributed by atoms with Crippen molar-refractivity contribution < 1.29 is 5.11 Å². The number of hydrogen-bond donors (Lipinski definition) is 3. The summed E-state index contributed by atoms with van der Waals surface area (Å²) in [5, 5.41) is 10.6. The molecule has 0 bridgehead atoms. The molecule has 5 rings (SSSR count). The SMILES string of the molecule is C1CNNC1.CC.Cc1cccc(-c2ccc(C)c(-c3c(O)n4n(c3=O)CCC4)c2)c1. The van der Waals surface area contributed by atoms with E-state index in [1.54, 1.807) is 9.36 Å². The summed E-state index contributed by atoms with van der Waals surface area (Å²) in [4.78, 5) is 12.7. The summed E-state index contributed by atoms with van der Waals surface area (Å²) < 4.78 is 3.33. The second kappa shape index (κ2) is 10.5. The van der Waals surface area contributed by atoms with Crippen LogP contribution in [0.3, 0.4) is 0 Å². The molecule has 1 aromatic heterocycles. The summed E-state index contributed by atoms with van der Waals surface area (Å²) in [6, 6.07) is 14.4. The van der Waals surface area contributed by atoms with Gasteiger partial charge in [-0.15, -0.1) is 0 Å². The molecule has 3 N–H and O–H groups in total. The number of aryl methyl sites for hydroxylation is 2. The quantitative estimate of drug-likeness (QED) is 0.578. The Labute approximate surface area is 184 Å². The van der Waals surface area contributed by atoms with Gasteiger partial charge >= 0.3 is 0 Å². The lowest BCUT2D eigenvalue weighted by atomic mass is 9.96. The second-order valence-corrected chi connectivity index (χ2v) is 7.71. The first-order valence-electron chi connectivity index (χ1n) is 11.2. The van der Waals surface area contributed by atoms with Crippen LogP contribution in [0.5, 0.6) is 5.88 Å². The molecule has 166 valence electrons. The first-order chi connectivity index (χ1) is 15.1. The van der Waals surface area contributed by atoms with Crippen LogP contribution in [0, 0.1) is 13.8 Å². The van der Waals surface area contributed by atoms with Gasteiger partial charge in [-0.2, -0.15) is 0 Å². The van der Waals surface area contributed by atoms with Crippen LogP contribution in [0.15, 0.2) is 47.3 Å². The Morgan fingerprint density at radius 3 is 2.16 bits per heavy atom. The molecule has 2 aliphatic rings. The number of aromatic nitrogens is 2. The number of hydrazine groups is 1. The molecule has 6 nitrogen and oxygen atoms in total. The van der Waals surface area contributed by atoms with E-state index in [-0.39, 0.29) is 11.4 Å². The summed E-state index contributed by atoms with van der Waals surface area (Å²) >= 11 is 0. The minimum atomic E-state index is -0.102. The molecule has 6 heteroatoms. The maximum absolute atomic E-state index is 12.7. The molecule has 0 amide bonds. The van der Waals surface area contributed by atoms with Crippen LogP contribution in [-0.4, -0.2) is 27.6 Å². The topological polar surface area (TPSA) is 71.2 Å². The van der Waals surface area contributed by atoms with Crippen molar-refractivity contribution in [2.24, 2.45) is 0 Å². The predicted octanol–water partition coefficient (Wildman–Crippen LogP) is 4.22. The fraction of sp³-hybridized carbons (Fsp3) is 0.400. The Morgan fingerprint density at radius 1 is 0.871 bits per heavy atom. The highest BCUT2D eigenvalue weighted by Gasteiger charge is 2.25. The van der Waals surface area contributed by atoms with E-state index in [0.29, 0.717) is 18.7 Å². The molecule has 1 fully saturated rings. The average molecular weight is 423 g/mol. The normalized spacial score (nSPS) is 14.3. The van der Waals surface area contributed by atoms with Crippen LogP contribution in [0.4, 0.5) is 0 Å². The highest BCUT2D eigenvalue weighted by Crippen LogP contribution is 2.34. The van der Waals surface area contributed by atoms with Gasteiger partial charge in [0.25, 0.3) is 5.56 Å². The molecule has 3 aromatic rings. The van der Waals surface area contributed by atoms with E-state index in [9.17, 15) is 9.90 Å². The average Bonchev–Trinajstić information content (AvgIpc) is 3.54. The molecule has 0 saturated carbocycles. The van der Waals surface area contributed by atoms with Crippen LogP contribution < -0.4 is 16.4 Å². The van der Waals surface area contributed by atoms with Crippen molar-refractivity contribution in [2.45, 2.75) is 53.6 Å². The second-order valence-electron chi connectivity index (χ2n) is 7.71. The van der Waals surface area contributed by atoms with E-state index >= 15 is 0 Å². The largest absolute Gasteiger partial charge is 0.493 e. The summed E-state index contributed by atoms with van der Waals surface area (Å²) in [7, 11) is 0. The molecule has 0 aliphatic carbocycles. The number of benzene rings is 2. The van der Waals surface area contributed by atoms with E-state index in [1.165, 1.54) is 12.0 Å². The molecule has 1 saturated heterocycles. The third kappa shape index (κ3) is 4.92. The lowest BCUT2D eigenvalue weighted by molar-refractivity contribution is 0.399. The lowest BCUT2D eigenvalue weighted by Gasteiger charge is -2.09. The smallest absolute Gasteiger partial charge is 0.278 e. The molecule has 31 heavy (non-hydrogen) atoms. The maximum atomic E-state index is 12.7. The standard InChI is InChI=1S/C20H20N2O2.C3H8N2.C2H6/c1-13-5-3-6-15(11-13)16-8-7-14(2)17(12-16)18-19(23)21-9-4-10-22(21)20(18)24;1-2-4-5-3-1;1-2/h3,5-8,11-12,23H,4,9-10H2,1-2H3;4-5H,1-3H2;1-2H3. The van der Waals surface area contributed by atoms with Gasteiger partial charge in [-0.05, 0) is 55.0 Å². The number of hydrogen-bond acceptors (Lipinski definition) is 4. The molecular weight excluding hydrogens is 388 g/mol. The van der Waals surface area contributed by atoms with Gasteiger partial charge < -0.3 is 5.11 Å². The number of nitrogens with one attached hydrogen (secondary N) is 2. The zero-order chi connectivity index (χ0) is 22.4. The highest BCUT2D eigenvalue weighted by molar-refractivity contribution is 5.77. The van der Waals surface area contributed by atoms with Gasteiger partial charge in [0.05, 0.1) is 0 Å². The third-order valence-electron chi connectivity index (χ3n) is 5.53. The summed E-state index contributed by atoms with van der Waals surface area (Å²) in [6.45, 7) is 11.7. The Hall–Kier alpha value is -2.83. The van der Waals surface area contributed by atoms with E-state index in [4.69, 9.17) is 0 Å². The first kappa shape index (κ1) is 22.8. The van der Waals surface area contributed by atoms with Gasteiger partial charge in [-0.25, -0.2) is 4.68 Å². The van der Waals surface area contributed by atoms with E-state index in [0.717, 1.165) is 41.8 Å². The minimum absolute atomic E-state index is 0.0852. The van der Waals surface area contributed by atoms with Crippen molar-refractivity contribution in [2.75, 3.05) is 13.1 Å². The molecule has 0 radical (unpaired) electrons. The molecular formula is C25H34N4O2. The minimum Gasteiger partial charge on any atom is -0.493 e. The summed E-state index contributed by atoms with van der Waals surface area (Å²) in [5.41, 5.74) is 11.4. The van der Waals surface area contributed by atoms with Crippen molar-refractivity contribution in [1.82, 2.24) is 20.2 Å². The van der Waals surface area contributed by atoms with Crippen molar-refractivity contribution >= 4 is 0 Å². The lowest BCUT2D eigenvalue weighted by Crippen LogP contribution is -2.21. The van der Waals surface area contributed by atoms with Crippen molar-refractivity contribution in [3.8, 4) is 28.1 Å². The van der Waals surface area contributed by atoms with Gasteiger partial charge in [-0.3, -0.25) is 20.3 Å². The maximum Gasteiger partial charge on any atom is 0.278 e. The van der Waals surface area contributed by atoms with Crippen LogP contribution in [0.2, 0.25) is 0 Å². The fourth-order valence-electron chi connectivity index (χ4n) is 3.97.